The first-order chi connectivity index (χ1) is 9.10. The highest BCUT2D eigenvalue weighted by Gasteiger charge is 2.22. The zero-order valence-corrected chi connectivity index (χ0v) is 10.9. The monoisotopic (exact) mass is 266 g/mol. The molecule has 1 heterocycles. The van der Waals surface area contributed by atoms with E-state index < -0.39 is 4.92 Å². The van der Waals surface area contributed by atoms with E-state index in [0.717, 1.165) is 12.1 Å². The molecule has 1 fully saturated rings. The number of β-amino-alcohol motifs (C(OH)–C–C–N with tert-alkyl or cyclic N) is 1. The molecule has 1 aromatic rings. The van der Waals surface area contributed by atoms with Crippen LogP contribution in [-0.4, -0.2) is 35.8 Å². The second kappa shape index (κ2) is 5.88. The van der Waals surface area contributed by atoms with Crippen molar-refractivity contribution in [2.75, 3.05) is 24.6 Å². The van der Waals surface area contributed by atoms with Gasteiger partial charge in [0.1, 0.15) is 5.75 Å². The Labute approximate surface area is 111 Å². The zero-order chi connectivity index (χ0) is 13.8. The summed E-state index contributed by atoms with van der Waals surface area (Å²) in [5.41, 5.74) is 0.752. The Morgan fingerprint density at radius 2 is 2.32 bits per heavy atom. The number of hydrogen-bond acceptors (Lipinski definition) is 5. The highest BCUT2D eigenvalue weighted by molar-refractivity contribution is 5.58. The van der Waals surface area contributed by atoms with Gasteiger partial charge in [0.15, 0.2) is 0 Å². The summed E-state index contributed by atoms with van der Waals surface area (Å²) < 4.78 is 5.48. The van der Waals surface area contributed by atoms with Crippen LogP contribution < -0.4 is 9.64 Å². The Morgan fingerprint density at radius 3 is 2.89 bits per heavy atom. The molecule has 19 heavy (non-hydrogen) atoms. The normalized spacial score (nSPS) is 18.6. The third-order valence-corrected chi connectivity index (χ3v) is 3.09. The van der Waals surface area contributed by atoms with Crippen LogP contribution in [0, 0.1) is 10.1 Å². The predicted molar refractivity (Wildman–Crippen MR) is 71.7 cm³/mol. The van der Waals surface area contributed by atoms with Crippen LogP contribution in [0.5, 0.6) is 5.75 Å². The Hall–Kier alpha value is -1.82. The maximum atomic E-state index is 10.9. The van der Waals surface area contributed by atoms with Gasteiger partial charge in [0.05, 0.1) is 23.7 Å². The minimum absolute atomic E-state index is 0.0185. The highest BCUT2D eigenvalue weighted by atomic mass is 16.6. The predicted octanol–water partition coefficient (Wildman–Crippen LogP) is 1.95. The number of non-ortho nitro benzene ring substituents is 1. The minimum atomic E-state index is -0.422. The van der Waals surface area contributed by atoms with Crippen LogP contribution in [0.1, 0.15) is 19.8 Å². The molecule has 2 rings (SSSR count). The largest absolute Gasteiger partial charge is 0.493 e. The molecule has 1 atom stereocenters. The Balaban J connectivity index is 2.25. The SMILES string of the molecule is CCCOc1cc(N2CCC(O)C2)cc([N+](=O)[O-])c1. The van der Waals surface area contributed by atoms with Crippen LogP contribution in [0.3, 0.4) is 0 Å². The summed E-state index contributed by atoms with van der Waals surface area (Å²) in [6, 6.07) is 4.75. The van der Waals surface area contributed by atoms with Crippen LogP contribution in [0.15, 0.2) is 18.2 Å². The summed E-state index contributed by atoms with van der Waals surface area (Å²) in [5, 5.41) is 20.5. The number of ether oxygens (including phenoxy) is 1. The highest BCUT2D eigenvalue weighted by Crippen LogP contribution is 2.30. The van der Waals surface area contributed by atoms with Crippen molar-refractivity contribution in [2.24, 2.45) is 0 Å². The van der Waals surface area contributed by atoms with Gasteiger partial charge >= 0.3 is 0 Å². The van der Waals surface area contributed by atoms with E-state index in [1.54, 1.807) is 6.07 Å². The summed E-state index contributed by atoms with van der Waals surface area (Å²) in [5.74, 6) is 0.507. The lowest BCUT2D eigenvalue weighted by Gasteiger charge is -2.18. The Morgan fingerprint density at radius 1 is 1.53 bits per heavy atom. The van der Waals surface area contributed by atoms with E-state index >= 15 is 0 Å². The Kier molecular flexibility index (Phi) is 4.21. The van der Waals surface area contributed by atoms with Crippen molar-refractivity contribution >= 4 is 11.4 Å². The van der Waals surface area contributed by atoms with Crippen LogP contribution in [-0.2, 0) is 0 Å². The van der Waals surface area contributed by atoms with Crippen LogP contribution in [0.4, 0.5) is 11.4 Å². The first-order valence-electron chi connectivity index (χ1n) is 6.45. The summed E-state index contributed by atoms with van der Waals surface area (Å²) in [6.07, 6.45) is 1.17. The lowest BCUT2D eigenvalue weighted by Crippen LogP contribution is -2.21. The molecule has 0 amide bonds. The van der Waals surface area contributed by atoms with Gasteiger partial charge in [0.2, 0.25) is 0 Å². The standard InChI is InChI=1S/C13H18N2O4/c1-2-5-19-13-7-10(6-11(8-13)15(17)18)14-4-3-12(16)9-14/h6-8,12,16H,2-5,9H2,1H3. The maximum Gasteiger partial charge on any atom is 0.275 e. The average molecular weight is 266 g/mol. The summed E-state index contributed by atoms with van der Waals surface area (Å²) in [4.78, 5) is 12.5. The number of hydrogen-bond donors (Lipinski definition) is 1. The topological polar surface area (TPSA) is 75.8 Å². The molecule has 1 unspecified atom stereocenters. The molecular formula is C13H18N2O4. The van der Waals surface area contributed by atoms with Gasteiger partial charge in [-0.2, -0.15) is 0 Å². The third kappa shape index (κ3) is 3.35. The van der Waals surface area contributed by atoms with Crippen molar-refractivity contribution in [1.29, 1.82) is 0 Å². The molecule has 6 nitrogen and oxygen atoms in total. The molecule has 0 spiro atoms. The molecule has 6 heteroatoms. The maximum absolute atomic E-state index is 10.9. The number of aliphatic hydroxyl groups excluding tert-OH is 1. The Bertz CT molecular complexity index is 464. The van der Waals surface area contributed by atoms with E-state index in [2.05, 4.69) is 0 Å². The van der Waals surface area contributed by atoms with Gasteiger partial charge in [0.25, 0.3) is 5.69 Å². The number of nitro groups is 1. The molecule has 1 aliphatic rings. The van der Waals surface area contributed by atoms with Crippen molar-refractivity contribution in [3.05, 3.63) is 28.3 Å². The van der Waals surface area contributed by atoms with Crippen molar-refractivity contribution < 1.29 is 14.8 Å². The van der Waals surface area contributed by atoms with E-state index in [4.69, 9.17) is 4.74 Å². The summed E-state index contributed by atoms with van der Waals surface area (Å²) in [6.45, 7) is 3.72. The van der Waals surface area contributed by atoms with E-state index in [9.17, 15) is 15.2 Å². The smallest absolute Gasteiger partial charge is 0.275 e. The van der Waals surface area contributed by atoms with Gasteiger partial charge in [-0.1, -0.05) is 6.92 Å². The fraction of sp³-hybridized carbons (Fsp3) is 0.538. The van der Waals surface area contributed by atoms with Gasteiger partial charge in [-0.05, 0) is 12.8 Å². The molecular weight excluding hydrogens is 248 g/mol. The van der Waals surface area contributed by atoms with E-state index in [0.29, 0.717) is 31.9 Å². The number of rotatable bonds is 5. The van der Waals surface area contributed by atoms with Crippen molar-refractivity contribution in [2.45, 2.75) is 25.9 Å². The van der Waals surface area contributed by atoms with Crippen molar-refractivity contribution in [3.63, 3.8) is 0 Å². The van der Waals surface area contributed by atoms with Crippen LogP contribution in [0.25, 0.3) is 0 Å². The minimum Gasteiger partial charge on any atom is -0.493 e. The molecule has 0 saturated carbocycles. The molecule has 0 radical (unpaired) electrons. The summed E-state index contributed by atoms with van der Waals surface area (Å²) in [7, 11) is 0. The number of nitrogens with zero attached hydrogens (tertiary/aromatic N) is 2. The van der Waals surface area contributed by atoms with Gasteiger partial charge in [-0.25, -0.2) is 0 Å². The molecule has 0 aromatic heterocycles. The lowest BCUT2D eigenvalue weighted by atomic mass is 10.2. The molecule has 0 bridgehead atoms. The van der Waals surface area contributed by atoms with Gasteiger partial charge in [-0.15, -0.1) is 0 Å². The molecule has 104 valence electrons. The molecule has 1 N–H and O–H groups in total. The third-order valence-electron chi connectivity index (χ3n) is 3.09. The molecule has 1 aromatic carbocycles. The second-order valence-corrected chi connectivity index (χ2v) is 4.68. The fourth-order valence-electron chi connectivity index (χ4n) is 2.14. The van der Waals surface area contributed by atoms with E-state index in [-0.39, 0.29) is 11.8 Å². The van der Waals surface area contributed by atoms with E-state index in [1.165, 1.54) is 12.1 Å². The van der Waals surface area contributed by atoms with Gasteiger partial charge in [0, 0.05) is 30.9 Å². The fourth-order valence-corrected chi connectivity index (χ4v) is 2.14. The summed E-state index contributed by atoms with van der Waals surface area (Å²) >= 11 is 0. The second-order valence-electron chi connectivity index (χ2n) is 4.68. The first kappa shape index (κ1) is 13.6. The van der Waals surface area contributed by atoms with Crippen molar-refractivity contribution in [3.8, 4) is 5.75 Å². The van der Waals surface area contributed by atoms with Gasteiger partial charge in [-0.3, -0.25) is 10.1 Å². The van der Waals surface area contributed by atoms with Crippen LogP contribution in [0.2, 0.25) is 0 Å². The number of anilines is 1. The van der Waals surface area contributed by atoms with Crippen LogP contribution >= 0.6 is 0 Å². The lowest BCUT2D eigenvalue weighted by molar-refractivity contribution is -0.384. The quantitative estimate of drug-likeness (QED) is 0.651. The molecule has 1 saturated heterocycles. The molecule has 1 aliphatic heterocycles. The molecule has 0 aliphatic carbocycles. The number of nitro benzene ring substituents is 1. The first-order valence-corrected chi connectivity index (χ1v) is 6.45. The van der Waals surface area contributed by atoms with Gasteiger partial charge < -0.3 is 14.7 Å². The van der Waals surface area contributed by atoms with Crippen molar-refractivity contribution in [1.82, 2.24) is 0 Å². The zero-order valence-electron chi connectivity index (χ0n) is 10.9. The average Bonchev–Trinajstić information content (AvgIpc) is 2.82. The number of benzene rings is 1. The van der Waals surface area contributed by atoms with E-state index in [1.807, 2.05) is 11.8 Å². The number of aliphatic hydroxyl groups is 1.